The number of nitrogens with zero attached hydrogens (tertiary/aromatic N) is 2. The van der Waals surface area contributed by atoms with Gasteiger partial charge < -0.3 is 5.32 Å². The quantitative estimate of drug-likeness (QED) is 0.239. The van der Waals surface area contributed by atoms with Gasteiger partial charge in [-0.3, -0.25) is 9.78 Å². The van der Waals surface area contributed by atoms with Gasteiger partial charge in [-0.05, 0) is 84.1 Å². The fourth-order valence-corrected chi connectivity index (χ4v) is 6.35. The van der Waals surface area contributed by atoms with E-state index in [0.29, 0.717) is 26.9 Å². The maximum Gasteiger partial charge on any atom is 0.243 e. The van der Waals surface area contributed by atoms with Crippen LogP contribution in [0.25, 0.3) is 0 Å². The molecule has 1 heterocycles. The Hall–Kier alpha value is -3.30. The molecule has 1 saturated carbocycles. The van der Waals surface area contributed by atoms with Gasteiger partial charge in [-0.15, -0.1) is 0 Å². The van der Waals surface area contributed by atoms with E-state index < -0.39 is 15.8 Å². The summed E-state index contributed by atoms with van der Waals surface area (Å²) in [6.45, 7) is -0.116. The zero-order chi connectivity index (χ0) is 27.6. The molecule has 5 rings (SSSR count). The molecule has 1 amide bonds. The van der Waals surface area contributed by atoms with Crippen molar-refractivity contribution >= 4 is 44.8 Å². The second-order valence-corrected chi connectivity index (χ2v) is 12.1. The van der Waals surface area contributed by atoms with Crippen LogP contribution in [0, 0.1) is 11.7 Å². The van der Waals surface area contributed by atoms with Crippen molar-refractivity contribution in [3.63, 3.8) is 0 Å². The number of amides is 1. The number of nitrogens with one attached hydrogen (secondary N) is 1. The van der Waals surface area contributed by atoms with Gasteiger partial charge in [0.25, 0.3) is 0 Å². The summed E-state index contributed by atoms with van der Waals surface area (Å²) in [5.74, 6) is -0.511. The number of hydrogen-bond donors (Lipinski definition) is 1. The summed E-state index contributed by atoms with van der Waals surface area (Å²) in [5.41, 5.74) is 2.63. The number of hydrogen-bond acceptors (Lipinski definition) is 4. The van der Waals surface area contributed by atoms with Gasteiger partial charge in [0.15, 0.2) is 0 Å². The number of carbonyl (C=O) groups excluding carboxylic acids is 1. The van der Waals surface area contributed by atoms with Crippen molar-refractivity contribution in [2.45, 2.75) is 30.3 Å². The van der Waals surface area contributed by atoms with Crippen molar-refractivity contribution in [2.75, 3.05) is 5.32 Å². The zero-order valence-electron chi connectivity index (χ0n) is 20.6. The summed E-state index contributed by atoms with van der Waals surface area (Å²) < 4.78 is 42.2. The summed E-state index contributed by atoms with van der Waals surface area (Å²) in [7, 11) is -4.03. The van der Waals surface area contributed by atoms with Crippen molar-refractivity contribution in [2.24, 2.45) is 5.92 Å². The smallest absolute Gasteiger partial charge is 0.243 e. The third-order valence-corrected chi connectivity index (χ3v) is 9.20. The predicted octanol–water partition coefficient (Wildman–Crippen LogP) is 6.66. The average molecular weight is 585 g/mol. The molecule has 3 aromatic carbocycles. The lowest BCUT2D eigenvalue weighted by Crippen LogP contribution is -2.30. The zero-order valence-corrected chi connectivity index (χ0v) is 22.9. The number of carbonyl (C=O) groups is 1. The molecule has 39 heavy (non-hydrogen) atoms. The van der Waals surface area contributed by atoms with Gasteiger partial charge in [-0.25, -0.2) is 12.8 Å². The van der Waals surface area contributed by atoms with Crippen LogP contribution in [0.15, 0.2) is 96.2 Å². The van der Waals surface area contributed by atoms with Gasteiger partial charge in [0.1, 0.15) is 5.82 Å². The molecule has 1 aromatic heterocycles. The van der Waals surface area contributed by atoms with Crippen LogP contribution >= 0.6 is 23.2 Å². The molecule has 6 nitrogen and oxygen atoms in total. The van der Waals surface area contributed by atoms with Crippen molar-refractivity contribution in [1.82, 2.24) is 9.29 Å². The van der Waals surface area contributed by atoms with Crippen LogP contribution < -0.4 is 5.32 Å². The van der Waals surface area contributed by atoms with E-state index in [2.05, 4.69) is 10.3 Å². The largest absolute Gasteiger partial charge is 0.326 e. The third-order valence-electron chi connectivity index (χ3n) is 6.69. The average Bonchev–Trinajstić information content (AvgIpc) is 3.73. The van der Waals surface area contributed by atoms with Crippen LogP contribution in [0.5, 0.6) is 0 Å². The first-order valence-electron chi connectivity index (χ1n) is 12.2. The predicted molar refractivity (Wildman–Crippen MR) is 149 cm³/mol. The molecule has 1 fully saturated rings. The molecule has 0 saturated heterocycles. The molecule has 1 aliphatic rings. The molecule has 0 bridgehead atoms. The van der Waals surface area contributed by atoms with E-state index in [1.165, 1.54) is 40.7 Å². The number of aromatic nitrogens is 1. The maximum absolute atomic E-state index is 13.8. The minimum Gasteiger partial charge on any atom is -0.326 e. The first kappa shape index (κ1) is 27.3. The highest BCUT2D eigenvalue weighted by molar-refractivity contribution is 7.89. The van der Waals surface area contributed by atoms with E-state index in [0.717, 1.165) is 12.0 Å². The Morgan fingerprint density at radius 3 is 2.21 bits per heavy atom. The fourth-order valence-electron chi connectivity index (χ4n) is 4.44. The van der Waals surface area contributed by atoms with Crippen molar-refractivity contribution in [3.05, 3.63) is 124 Å². The summed E-state index contributed by atoms with van der Waals surface area (Å²) in [4.78, 5) is 16.8. The summed E-state index contributed by atoms with van der Waals surface area (Å²) in [6.07, 6.45) is 4.17. The number of halogens is 3. The number of anilines is 1. The van der Waals surface area contributed by atoms with Crippen LogP contribution in [0.1, 0.15) is 29.0 Å². The fraction of sp³-hybridized carbons (Fsp3) is 0.172. The van der Waals surface area contributed by atoms with Crippen molar-refractivity contribution in [1.29, 1.82) is 0 Å². The van der Waals surface area contributed by atoms with Gasteiger partial charge in [0.05, 0.1) is 4.90 Å². The molecular weight excluding hydrogens is 560 g/mol. The molecule has 0 spiro atoms. The van der Waals surface area contributed by atoms with Gasteiger partial charge in [-0.2, -0.15) is 4.31 Å². The standard InChI is InChI=1S/C29H24Cl2FN3O3S/c30-27-2-1-3-28(31)26(27)18-35(17-19-4-6-21(32)7-5-19)39(37,38)23-10-8-22(9-11-23)34-29(36)25-16-24(25)20-12-14-33-15-13-20/h1-15,24-25H,16-18H2,(H,34,36). The summed E-state index contributed by atoms with van der Waals surface area (Å²) >= 11 is 12.7. The number of rotatable bonds is 9. The minimum atomic E-state index is -4.03. The lowest BCUT2D eigenvalue weighted by Gasteiger charge is -2.24. The van der Waals surface area contributed by atoms with Gasteiger partial charge in [0, 0.05) is 52.7 Å². The van der Waals surface area contributed by atoms with Crippen LogP contribution in [0.2, 0.25) is 10.0 Å². The summed E-state index contributed by atoms with van der Waals surface area (Å²) in [5, 5.41) is 3.55. The Morgan fingerprint density at radius 2 is 1.56 bits per heavy atom. The van der Waals surface area contributed by atoms with Crippen LogP contribution in [0.3, 0.4) is 0 Å². The topological polar surface area (TPSA) is 79.4 Å². The molecule has 2 atom stereocenters. The second-order valence-electron chi connectivity index (χ2n) is 9.34. The molecular formula is C29H24Cl2FN3O3S. The normalized spacial score (nSPS) is 16.7. The third kappa shape index (κ3) is 6.31. The lowest BCUT2D eigenvalue weighted by molar-refractivity contribution is -0.117. The van der Waals surface area contributed by atoms with E-state index in [1.807, 2.05) is 12.1 Å². The Balaban J connectivity index is 1.34. The molecule has 1 aliphatic carbocycles. The molecule has 1 N–H and O–H groups in total. The highest BCUT2D eigenvalue weighted by atomic mass is 35.5. The molecule has 2 unspecified atom stereocenters. The number of benzene rings is 3. The number of pyridine rings is 1. The SMILES string of the molecule is O=C(Nc1ccc(S(=O)(=O)N(Cc2ccc(F)cc2)Cc2c(Cl)cccc2Cl)cc1)C1CC1c1ccncc1. The van der Waals surface area contributed by atoms with Gasteiger partial charge in [0.2, 0.25) is 15.9 Å². The molecule has 10 heteroatoms. The van der Waals surface area contributed by atoms with E-state index in [-0.39, 0.29) is 35.7 Å². The van der Waals surface area contributed by atoms with E-state index >= 15 is 0 Å². The van der Waals surface area contributed by atoms with E-state index in [9.17, 15) is 17.6 Å². The van der Waals surface area contributed by atoms with Gasteiger partial charge >= 0.3 is 0 Å². The first-order chi connectivity index (χ1) is 18.7. The van der Waals surface area contributed by atoms with E-state index in [4.69, 9.17) is 23.2 Å². The Kier molecular flexibility index (Phi) is 8.00. The first-order valence-corrected chi connectivity index (χ1v) is 14.4. The maximum atomic E-state index is 13.8. The second kappa shape index (κ2) is 11.4. The number of sulfonamides is 1. The summed E-state index contributed by atoms with van der Waals surface area (Å²) in [6, 6.07) is 20.4. The molecule has 4 aromatic rings. The molecule has 200 valence electrons. The Bertz CT molecular complexity index is 1560. The van der Waals surface area contributed by atoms with Crippen molar-refractivity contribution < 1.29 is 17.6 Å². The van der Waals surface area contributed by atoms with Crippen LogP contribution in [-0.2, 0) is 27.9 Å². The Labute approximate surface area is 236 Å². The molecule has 0 aliphatic heterocycles. The van der Waals surface area contributed by atoms with E-state index in [1.54, 1.807) is 42.7 Å². The Morgan fingerprint density at radius 1 is 0.923 bits per heavy atom. The van der Waals surface area contributed by atoms with Crippen LogP contribution in [-0.4, -0.2) is 23.6 Å². The monoisotopic (exact) mass is 583 g/mol. The highest BCUT2D eigenvalue weighted by Gasteiger charge is 2.43. The van der Waals surface area contributed by atoms with Crippen LogP contribution in [0.4, 0.5) is 10.1 Å². The minimum absolute atomic E-state index is 0.0271. The van der Waals surface area contributed by atoms with Gasteiger partial charge in [-0.1, -0.05) is 41.4 Å². The molecule has 0 radical (unpaired) electrons. The lowest BCUT2D eigenvalue weighted by atomic mass is 10.1. The van der Waals surface area contributed by atoms with Crippen molar-refractivity contribution in [3.8, 4) is 0 Å². The highest BCUT2D eigenvalue weighted by Crippen LogP contribution is 2.47.